The van der Waals surface area contributed by atoms with E-state index in [0.29, 0.717) is 5.56 Å². The van der Waals surface area contributed by atoms with Crippen molar-refractivity contribution in [1.82, 2.24) is 9.80 Å². The molecule has 1 atom stereocenters. The van der Waals surface area contributed by atoms with Crippen molar-refractivity contribution in [2.45, 2.75) is 25.4 Å². The highest BCUT2D eigenvalue weighted by molar-refractivity contribution is 5.78. The molecule has 1 aliphatic rings. The fraction of sp³-hybridized carbons (Fsp3) is 0.409. The lowest BCUT2D eigenvalue weighted by Crippen LogP contribution is -2.38. The average molecular weight is 386 g/mol. The molecule has 1 heterocycles. The summed E-state index contributed by atoms with van der Waals surface area (Å²) in [5.41, 5.74) is 1.55. The number of ether oxygens (including phenoxy) is 2. The van der Waals surface area contributed by atoms with Crippen LogP contribution >= 0.6 is 0 Å². The number of methoxy groups -OCH3 is 2. The van der Waals surface area contributed by atoms with Crippen molar-refractivity contribution in [1.29, 1.82) is 0 Å². The van der Waals surface area contributed by atoms with Crippen LogP contribution in [0.25, 0.3) is 0 Å². The van der Waals surface area contributed by atoms with Crippen molar-refractivity contribution >= 4 is 5.91 Å². The predicted molar refractivity (Wildman–Crippen MR) is 106 cm³/mol. The Hall–Kier alpha value is -2.60. The van der Waals surface area contributed by atoms with Gasteiger partial charge in [0, 0.05) is 30.8 Å². The second-order valence-corrected chi connectivity index (χ2v) is 7.08. The maximum Gasteiger partial charge on any atom is 0.236 e. The summed E-state index contributed by atoms with van der Waals surface area (Å²) in [5.74, 6) is 1.25. The van der Waals surface area contributed by atoms with Gasteiger partial charge in [0.2, 0.25) is 5.91 Å². The van der Waals surface area contributed by atoms with E-state index in [-0.39, 0.29) is 30.9 Å². The topological polar surface area (TPSA) is 42.0 Å². The minimum absolute atomic E-state index is 0.0305. The van der Waals surface area contributed by atoms with Gasteiger partial charge in [-0.15, -0.1) is 0 Å². The van der Waals surface area contributed by atoms with E-state index >= 15 is 0 Å². The van der Waals surface area contributed by atoms with Crippen LogP contribution < -0.4 is 9.47 Å². The smallest absolute Gasteiger partial charge is 0.236 e. The third-order valence-corrected chi connectivity index (χ3v) is 5.29. The van der Waals surface area contributed by atoms with Crippen LogP contribution in [0, 0.1) is 5.82 Å². The van der Waals surface area contributed by atoms with Gasteiger partial charge in [0.05, 0.1) is 20.8 Å². The van der Waals surface area contributed by atoms with E-state index in [2.05, 4.69) is 4.90 Å². The molecule has 1 saturated heterocycles. The number of likely N-dealkylation sites (tertiary alicyclic amines) is 1. The normalized spacial score (nSPS) is 16.8. The van der Waals surface area contributed by atoms with Crippen molar-refractivity contribution in [2.24, 2.45) is 0 Å². The van der Waals surface area contributed by atoms with Crippen LogP contribution in [0.2, 0.25) is 0 Å². The van der Waals surface area contributed by atoms with E-state index < -0.39 is 0 Å². The predicted octanol–water partition coefficient (Wildman–Crippen LogP) is 3.64. The van der Waals surface area contributed by atoms with Crippen molar-refractivity contribution < 1.29 is 18.7 Å². The number of halogens is 1. The Labute approximate surface area is 165 Å². The minimum atomic E-state index is -0.290. The molecule has 0 aliphatic carbocycles. The molecule has 0 aromatic heterocycles. The molecule has 1 aliphatic heterocycles. The van der Waals surface area contributed by atoms with Crippen LogP contribution in [-0.4, -0.2) is 50.1 Å². The van der Waals surface area contributed by atoms with Crippen molar-refractivity contribution in [3.05, 3.63) is 59.4 Å². The quantitative estimate of drug-likeness (QED) is 0.729. The fourth-order valence-electron chi connectivity index (χ4n) is 3.73. The van der Waals surface area contributed by atoms with Crippen LogP contribution in [0.1, 0.15) is 30.0 Å². The van der Waals surface area contributed by atoms with Gasteiger partial charge >= 0.3 is 0 Å². The monoisotopic (exact) mass is 386 g/mol. The number of carbonyl (C=O) groups excluding carboxylic acids is 1. The summed E-state index contributed by atoms with van der Waals surface area (Å²) in [7, 11) is 5.00. The van der Waals surface area contributed by atoms with Gasteiger partial charge in [0.25, 0.3) is 0 Å². The molecule has 5 nitrogen and oxygen atoms in total. The molecule has 1 unspecified atom stereocenters. The lowest BCUT2D eigenvalue weighted by atomic mass is 10.0. The highest BCUT2D eigenvalue weighted by atomic mass is 19.1. The zero-order valence-corrected chi connectivity index (χ0v) is 16.7. The molecule has 6 heteroatoms. The molecule has 2 aromatic carbocycles. The first kappa shape index (κ1) is 20.1. The first-order chi connectivity index (χ1) is 13.5. The molecule has 0 radical (unpaired) electrons. The Bertz CT molecular complexity index is 827. The Balaban J connectivity index is 1.71. The van der Waals surface area contributed by atoms with E-state index in [1.807, 2.05) is 18.2 Å². The number of hydrogen-bond acceptors (Lipinski definition) is 4. The number of amides is 1. The summed E-state index contributed by atoms with van der Waals surface area (Å²) in [6.07, 6.45) is 1.96. The summed E-state index contributed by atoms with van der Waals surface area (Å²) in [6, 6.07) is 12.4. The Kier molecular flexibility index (Phi) is 6.52. The molecule has 1 amide bonds. The maximum atomic E-state index is 13.9. The first-order valence-electron chi connectivity index (χ1n) is 9.46. The van der Waals surface area contributed by atoms with Crippen LogP contribution in [-0.2, 0) is 11.3 Å². The van der Waals surface area contributed by atoms with Gasteiger partial charge in [-0.05, 0) is 43.7 Å². The third-order valence-electron chi connectivity index (χ3n) is 5.29. The van der Waals surface area contributed by atoms with Gasteiger partial charge in [-0.2, -0.15) is 0 Å². The summed E-state index contributed by atoms with van der Waals surface area (Å²) in [4.78, 5) is 16.5. The van der Waals surface area contributed by atoms with Gasteiger partial charge in [-0.3, -0.25) is 9.69 Å². The largest absolute Gasteiger partial charge is 0.497 e. The van der Waals surface area contributed by atoms with Gasteiger partial charge in [-0.25, -0.2) is 4.39 Å². The highest BCUT2D eigenvalue weighted by Crippen LogP contribution is 2.38. The van der Waals surface area contributed by atoms with Crippen molar-refractivity contribution in [3.8, 4) is 11.5 Å². The average Bonchev–Trinajstić information content (AvgIpc) is 3.17. The lowest BCUT2D eigenvalue weighted by Gasteiger charge is -2.28. The van der Waals surface area contributed by atoms with Gasteiger partial charge < -0.3 is 14.4 Å². The third kappa shape index (κ3) is 4.44. The second kappa shape index (κ2) is 9.06. The molecule has 0 spiro atoms. The molecule has 150 valence electrons. The number of nitrogens with zero attached hydrogens (tertiary/aromatic N) is 2. The van der Waals surface area contributed by atoms with Crippen molar-refractivity contribution in [2.75, 3.05) is 34.4 Å². The number of hydrogen-bond donors (Lipinski definition) is 0. The molecular formula is C22H27FN2O3. The molecule has 2 aromatic rings. The Morgan fingerprint density at radius 2 is 2.00 bits per heavy atom. The summed E-state index contributed by atoms with van der Waals surface area (Å²) >= 11 is 0. The van der Waals surface area contributed by atoms with E-state index in [1.54, 1.807) is 44.4 Å². The SMILES string of the molecule is COc1ccc(OC)c(C2CCCN2CC(=O)N(C)Cc2ccccc2F)c1. The number of rotatable bonds is 7. The van der Waals surface area contributed by atoms with E-state index in [9.17, 15) is 9.18 Å². The summed E-state index contributed by atoms with van der Waals surface area (Å²) < 4.78 is 24.8. The summed E-state index contributed by atoms with van der Waals surface area (Å²) in [6.45, 7) is 1.38. The molecule has 1 fully saturated rings. The van der Waals surface area contributed by atoms with E-state index in [4.69, 9.17) is 9.47 Å². The molecule has 0 saturated carbocycles. The molecule has 3 rings (SSSR count). The zero-order chi connectivity index (χ0) is 20.1. The van der Waals surface area contributed by atoms with Crippen LogP contribution in [0.4, 0.5) is 4.39 Å². The number of likely N-dealkylation sites (N-methyl/N-ethyl adjacent to an activating group) is 1. The van der Waals surface area contributed by atoms with Crippen LogP contribution in [0.5, 0.6) is 11.5 Å². The fourth-order valence-corrected chi connectivity index (χ4v) is 3.73. The van der Waals surface area contributed by atoms with Crippen LogP contribution in [0.3, 0.4) is 0 Å². The van der Waals surface area contributed by atoms with Crippen LogP contribution in [0.15, 0.2) is 42.5 Å². The maximum absolute atomic E-state index is 13.9. The van der Waals surface area contributed by atoms with E-state index in [1.165, 1.54) is 6.07 Å². The van der Waals surface area contributed by atoms with Gasteiger partial charge in [0.1, 0.15) is 17.3 Å². The molecule has 28 heavy (non-hydrogen) atoms. The standard InChI is InChI=1S/C22H27FN2O3/c1-24(14-16-7-4-5-8-19(16)23)22(26)15-25-12-6-9-20(25)18-13-17(27-2)10-11-21(18)28-3/h4-5,7-8,10-11,13,20H,6,9,12,14-15H2,1-3H3. The minimum Gasteiger partial charge on any atom is -0.497 e. The molecular weight excluding hydrogens is 359 g/mol. The molecule has 0 N–H and O–H groups in total. The zero-order valence-electron chi connectivity index (χ0n) is 16.7. The van der Waals surface area contributed by atoms with Crippen molar-refractivity contribution in [3.63, 3.8) is 0 Å². The first-order valence-corrected chi connectivity index (χ1v) is 9.46. The number of carbonyl (C=O) groups is 1. The summed E-state index contributed by atoms with van der Waals surface area (Å²) in [5, 5.41) is 0. The second-order valence-electron chi connectivity index (χ2n) is 7.08. The van der Waals surface area contributed by atoms with E-state index in [0.717, 1.165) is 36.4 Å². The molecule has 0 bridgehead atoms. The van der Waals surface area contributed by atoms with Gasteiger partial charge in [0.15, 0.2) is 0 Å². The highest BCUT2D eigenvalue weighted by Gasteiger charge is 2.30. The lowest BCUT2D eigenvalue weighted by molar-refractivity contribution is -0.131. The Morgan fingerprint density at radius 1 is 1.21 bits per heavy atom. The Morgan fingerprint density at radius 3 is 2.71 bits per heavy atom. The number of benzene rings is 2. The van der Waals surface area contributed by atoms with Gasteiger partial charge in [-0.1, -0.05) is 18.2 Å².